The van der Waals surface area contributed by atoms with Crippen molar-refractivity contribution in [1.82, 2.24) is 15.1 Å². The van der Waals surface area contributed by atoms with Crippen molar-refractivity contribution in [3.63, 3.8) is 0 Å². The van der Waals surface area contributed by atoms with Crippen molar-refractivity contribution >= 4 is 6.03 Å². The van der Waals surface area contributed by atoms with Gasteiger partial charge in [-0.05, 0) is 67.3 Å². The number of piperidine rings is 2. The number of fused-ring (bicyclic) bond motifs is 4. The highest BCUT2D eigenvalue weighted by atomic mass is 16.5. The summed E-state index contributed by atoms with van der Waals surface area (Å²) >= 11 is 0. The Kier molecular flexibility index (Phi) is 6.19. The summed E-state index contributed by atoms with van der Waals surface area (Å²) in [4.78, 5) is 18.3. The molecule has 1 N–H and O–H groups in total. The Morgan fingerprint density at radius 3 is 2.73 bits per heavy atom. The van der Waals surface area contributed by atoms with E-state index in [1.165, 1.54) is 17.5 Å². The maximum atomic E-state index is 13.5. The number of ether oxygens (including phenoxy) is 2. The number of hydrogen-bond donors (Lipinski definition) is 1. The molecule has 0 aromatic heterocycles. The molecule has 3 aliphatic rings. The Morgan fingerprint density at radius 2 is 1.91 bits per heavy atom. The van der Waals surface area contributed by atoms with Crippen LogP contribution >= 0.6 is 0 Å². The quantitative estimate of drug-likeness (QED) is 0.744. The molecule has 5 rings (SSSR count). The average molecular weight is 450 g/mol. The summed E-state index contributed by atoms with van der Waals surface area (Å²) in [5, 5.41) is 3.26. The predicted molar refractivity (Wildman–Crippen MR) is 129 cm³/mol. The molecular weight excluding hydrogens is 414 g/mol. The number of rotatable bonds is 4. The summed E-state index contributed by atoms with van der Waals surface area (Å²) in [6.07, 6.45) is 4.45. The second-order valence-electron chi connectivity index (χ2n) is 9.64. The lowest BCUT2D eigenvalue weighted by Gasteiger charge is -2.52. The van der Waals surface area contributed by atoms with E-state index < -0.39 is 0 Å². The van der Waals surface area contributed by atoms with Gasteiger partial charge in [0.25, 0.3) is 0 Å². The molecule has 2 fully saturated rings. The van der Waals surface area contributed by atoms with E-state index in [0.29, 0.717) is 29.5 Å². The fourth-order valence-electron chi connectivity index (χ4n) is 6.12. The average Bonchev–Trinajstić information content (AvgIpc) is 2.86. The Bertz CT molecular complexity index is 1010. The molecule has 0 radical (unpaired) electrons. The lowest BCUT2D eigenvalue weighted by molar-refractivity contribution is 0.00533. The molecule has 6 heteroatoms. The molecule has 0 unspecified atom stereocenters. The number of methoxy groups -OCH3 is 2. The number of urea groups is 1. The van der Waals surface area contributed by atoms with Gasteiger partial charge in [-0.3, -0.25) is 4.90 Å². The minimum absolute atomic E-state index is 0.0459. The molecule has 2 aromatic carbocycles. The lowest BCUT2D eigenvalue weighted by atomic mass is 9.77. The van der Waals surface area contributed by atoms with E-state index in [9.17, 15) is 4.79 Å². The number of carbonyl (C=O) groups excluding carboxylic acids is 1. The normalized spacial score (nSPS) is 25.3. The second kappa shape index (κ2) is 9.26. The van der Waals surface area contributed by atoms with Gasteiger partial charge >= 0.3 is 6.03 Å². The summed E-state index contributed by atoms with van der Waals surface area (Å²) < 4.78 is 10.8. The molecule has 33 heavy (non-hydrogen) atoms. The fraction of sp³-hybridized carbons (Fsp3) is 0.519. The molecular formula is C27H35N3O3. The van der Waals surface area contributed by atoms with Crippen LogP contribution in [-0.4, -0.2) is 55.7 Å². The Balaban J connectivity index is 1.32. The Labute approximate surface area is 196 Å². The number of hydrogen-bond acceptors (Lipinski definition) is 4. The van der Waals surface area contributed by atoms with Crippen molar-refractivity contribution in [2.45, 2.75) is 50.7 Å². The fourth-order valence-corrected chi connectivity index (χ4v) is 6.12. The third-order valence-electron chi connectivity index (χ3n) is 7.88. The van der Waals surface area contributed by atoms with Crippen LogP contribution < -0.4 is 14.8 Å². The van der Waals surface area contributed by atoms with Gasteiger partial charge in [-0.2, -0.15) is 0 Å². The highest BCUT2D eigenvalue weighted by Gasteiger charge is 2.44. The van der Waals surface area contributed by atoms with Crippen LogP contribution in [0.2, 0.25) is 0 Å². The van der Waals surface area contributed by atoms with E-state index in [-0.39, 0.29) is 12.1 Å². The van der Waals surface area contributed by atoms with Crippen LogP contribution in [0, 0.1) is 5.92 Å². The Hall–Kier alpha value is -2.73. The van der Waals surface area contributed by atoms with Gasteiger partial charge < -0.3 is 19.7 Å². The van der Waals surface area contributed by atoms with Gasteiger partial charge in [0.05, 0.1) is 20.3 Å². The van der Waals surface area contributed by atoms with Crippen LogP contribution in [0.5, 0.6) is 11.5 Å². The number of likely N-dealkylation sites (tertiary alicyclic amines) is 1. The molecule has 2 aromatic rings. The number of amides is 2. The SMILES string of the molecule is COc1ccc([C@@H](C)NC(=O)N2CCC[C@@H]3CN4CCc5ccccc5[C@@H]4C[C@@H]32)cc1OC. The first-order chi connectivity index (χ1) is 16.1. The zero-order valence-electron chi connectivity index (χ0n) is 19.9. The van der Waals surface area contributed by atoms with Gasteiger partial charge in [-0.15, -0.1) is 0 Å². The van der Waals surface area contributed by atoms with Crippen LogP contribution in [0.1, 0.15) is 55.0 Å². The molecule has 176 valence electrons. The summed E-state index contributed by atoms with van der Waals surface area (Å²) in [6, 6.07) is 15.3. The van der Waals surface area contributed by atoms with Crippen LogP contribution in [-0.2, 0) is 6.42 Å². The van der Waals surface area contributed by atoms with Gasteiger partial charge in [0.1, 0.15) is 0 Å². The van der Waals surface area contributed by atoms with Crippen LogP contribution in [0.3, 0.4) is 0 Å². The number of nitrogens with one attached hydrogen (secondary N) is 1. The molecule has 3 heterocycles. The molecule has 0 bridgehead atoms. The number of carbonyl (C=O) groups is 1. The summed E-state index contributed by atoms with van der Waals surface area (Å²) in [5.41, 5.74) is 3.95. The van der Waals surface area contributed by atoms with Gasteiger partial charge in [0.15, 0.2) is 11.5 Å². The molecule has 2 saturated heterocycles. The molecule has 6 nitrogen and oxygen atoms in total. The lowest BCUT2D eigenvalue weighted by Crippen LogP contribution is -2.59. The zero-order valence-corrected chi connectivity index (χ0v) is 19.9. The van der Waals surface area contributed by atoms with Crippen molar-refractivity contribution in [3.8, 4) is 11.5 Å². The summed E-state index contributed by atoms with van der Waals surface area (Å²) in [5.74, 6) is 1.93. The van der Waals surface area contributed by atoms with Gasteiger partial charge in [-0.25, -0.2) is 4.79 Å². The molecule has 0 spiro atoms. The molecule has 4 atom stereocenters. The minimum atomic E-state index is -0.117. The number of benzene rings is 2. The molecule has 2 amide bonds. The smallest absolute Gasteiger partial charge is 0.318 e. The summed E-state index contributed by atoms with van der Waals surface area (Å²) in [7, 11) is 3.26. The van der Waals surface area contributed by atoms with E-state index in [4.69, 9.17) is 9.47 Å². The second-order valence-corrected chi connectivity index (χ2v) is 9.64. The Morgan fingerprint density at radius 1 is 1.09 bits per heavy atom. The van der Waals surface area contributed by atoms with Gasteiger partial charge in [0.2, 0.25) is 0 Å². The number of nitrogens with zero attached hydrogens (tertiary/aromatic N) is 2. The molecule has 3 aliphatic heterocycles. The van der Waals surface area contributed by atoms with Crippen molar-refractivity contribution in [2.75, 3.05) is 33.9 Å². The van der Waals surface area contributed by atoms with E-state index in [1.807, 2.05) is 25.1 Å². The van der Waals surface area contributed by atoms with Crippen molar-refractivity contribution in [3.05, 3.63) is 59.2 Å². The zero-order chi connectivity index (χ0) is 22.9. The summed E-state index contributed by atoms with van der Waals surface area (Å²) in [6.45, 7) is 5.09. The first-order valence-electron chi connectivity index (χ1n) is 12.2. The van der Waals surface area contributed by atoms with E-state index in [2.05, 4.69) is 39.4 Å². The first-order valence-corrected chi connectivity index (χ1v) is 12.2. The maximum absolute atomic E-state index is 13.5. The van der Waals surface area contributed by atoms with E-state index in [0.717, 1.165) is 44.5 Å². The largest absolute Gasteiger partial charge is 0.493 e. The molecule has 0 aliphatic carbocycles. The monoisotopic (exact) mass is 449 g/mol. The van der Waals surface area contributed by atoms with Crippen molar-refractivity contribution in [1.29, 1.82) is 0 Å². The van der Waals surface area contributed by atoms with Crippen LogP contribution in [0.25, 0.3) is 0 Å². The minimum Gasteiger partial charge on any atom is -0.493 e. The van der Waals surface area contributed by atoms with Crippen molar-refractivity contribution < 1.29 is 14.3 Å². The maximum Gasteiger partial charge on any atom is 0.318 e. The van der Waals surface area contributed by atoms with Crippen molar-refractivity contribution in [2.24, 2.45) is 5.92 Å². The van der Waals surface area contributed by atoms with E-state index in [1.54, 1.807) is 14.2 Å². The predicted octanol–water partition coefficient (Wildman–Crippen LogP) is 4.56. The van der Waals surface area contributed by atoms with Crippen LogP contribution in [0.15, 0.2) is 42.5 Å². The highest BCUT2D eigenvalue weighted by molar-refractivity contribution is 5.75. The van der Waals surface area contributed by atoms with Gasteiger partial charge in [-0.1, -0.05) is 30.3 Å². The van der Waals surface area contributed by atoms with Gasteiger partial charge in [0, 0.05) is 31.7 Å². The third-order valence-corrected chi connectivity index (χ3v) is 7.88. The standard InChI is InChI=1S/C27H35N3O3/c1-18(20-10-11-25(32-2)26(15-20)33-3)28-27(31)30-13-6-8-21-17-29-14-12-19-7-4-5-9-22(19)24(29)16-23(21)30/h4-5,7,9-11,15,18,21,23-24H,6,8,12-14,16-17H2,1-3H3,(H,28,31)/t18-,21-,23+,24+/m1/s1. The highest BCUT2D eigenvalue weighted by Crippen LogP contribution is 2.43. The first kappa shape index (κ1) is 22.1. The van der Waals surface area contributed by atoms with Crippen LogP contribution in [0.4, 0.5) is 4.79 Å². The third kappa shape index (κ3) is 4.17. The molecule has 0 saturated carbocycles. The topological polar surface area (TPSA) is 54.0 Å². The van der Waals surface area contributed by atoms with E-state index >= 15 is 0 Å².